The molecule has 2 aromatic heterocycles. The summed E-state index contributed by atoms with van der Waals surface area (Å²) in [6.07, 6.45) is 6.28. The number of nitrogens with one attached hydrogen (secondary N) is 1. The van der Waals surface area contributed by atoms with Crippen molar-refractivity contribution in [2.75, 3.05) is 5.32 Å². The number of halogens is 1. The Labute approximate surface area is 200 Å². The number of nitrogens with two attached hydrogens (primary N) is 1. The van der Waals surface area contributed by atoms with Gasteiger partial charge in [-0.1, -0.05) is 25.0 Å². The molecule has 0 radical (unpaired) electrons. The van der Waals surface area contributed by atoms with E-state index < -0.39 is 5.91 Å². The maximum absolute atomic E-state index is 13.1. The van der Waals surface area contributed by atoms with Gasteiger partial charge in [-0.25, -0.2) is 0 Å². The minimum absolute atomic E-state index is 0.238. The first-order valence-corrected chi connectivity index (χ1v) is 12.5. The number of rotatable bonds is 5. The molecule has 0 saturated carbocycles. The Morgan fingerprint density at radius 3 is 2.62 bits per heavy atom. The maximum Gasteiger partial charge on any atom is 0.256 e. The van der Waals surface area contributed by atoms with Crippen molar-refractivity contribution >= 4 is 44.1 Å². The predicted octanol–water partition coefficient (Wildman–Crippen LogP) is 5.38. The van der Waals surface area contributed by atoms with Gasteiger partial charge in [0.15, 0.2) is 0 Å². The standard InChI is InChI=1S/C24H27BrN4O2S/c1-14-21(25)15(2)29(28-14)13-16-8-7-9-17(12-16)23(31)27-24-20(22(26)30)18-10-5-3-4-6-11-19(18)32-24/h7-9,12H,3-6,10-11,13H2,1-2H3,(H2,26,30)(H,27,31). The van der Waals surface area contributed by atoms with Crippen LogP contribution >= 0.6 is 27.3 Å². The Morgan fingerprint density at radius 2 is 1.94 bits per heavy atom. The smallest absolute Gasteiger partial charge is 0.256 e. The number of hydrogen-bond donors (Lipinski definition) is 2. The van der Waals surface area contributed by atoms with Gasteiger partial charge >= 0.3 is 0 Å². The number of aromatic nitrogens is 2. The third-order valence-electron chi connectivity index (χ3n) is 5.96. The molecule has 2 amide bonds. The van der Waals surface area contributed by atoms with Gasteiger partial charge < -0.3 is 11.1 Å². The number of carbonyl (C=O) groups excluding carboxylic acids is 2. The third-order valence-corrected chi connectivity index (χ3v) is 8.31. The lowest BCUT2D eigenvalue weighted by molar-refractivity contribution is 0.100. The van der Waals surface area contributed by atoms with Crippen LogP contribution < -0.4 is 11.1 Å². The maximum atomic E-state index is 13.1. The summed E-state index contributed by atoms with van der Waals surface area (Å²) in [7, 11) is 0. The second-order valence-corrected chi connectivity index (χ2v) is 10.2. The highest BCUT2D eigenvalue weighted by Gasteiger charge is 2.24. The zero-order valence-corrected chi connectivity index (χ0v) is 20.7. The first-order chi connectivity index (χ1) is 15.3. The monoisotopic (exact) mass is 514 g/mol. The summed E-state index contributed by atoms with van der Waals surface area (Å²) in [5.41, 5.74) is 10.7. The molecule has 32 heavy (non-hydrogen) atoms. The molecule has 2 heterocycles. The Kier molecular flexibility index (Phi) is 6.81. The van der Waals surface area contributed by atoms with E-state index in [1.807, 2.05) is 36.7 Å². The highest BCUT2D eigenvalue weighted by atomic mass is 79.9. The lowest BCUT2D eigenvalue weighted by atomic mass is 9.96. The van der Waals surface area contributed by atoms with Crippen molar-refractivity contribution in [3.8, 4) is 0 Å². The average molecular weight is 515 g/mol. The van der Waals surface area contributed by atoms with Crippen LogP contribution in [0.3, 0.4) is 0 Å². The van der Waals surface area contributed by atoms with Gasteiger partial charge in [-0.15, -0.1) is 11.3 Å². The highest BCUT2D eigenvalue weighted by molar-refractivity contribution is 9.10. The largest absolute Gasteiger partial charge is 0.365 e. The number of nitrogens with zero attached hydrogens (tertiary/aromatic N) is 2. The fourth-order valence-electron chi connectivity index (χ4n) is 4.26. The molecular formula is C24H27BrN4O2S. The van der Waals surface area contributed by atoms with Crippen molar-refractivity contribution in [3.63, 3.8) is 0 Å². The van der Waals surface area contributed by atoms with Crippen LogP contribution in [0.4, 0.5) is 5.00 Å². The van der Waals surface area contributed by atoms with Gasteiger partial charge in [-0.3, -0.25) is 14.3 Å². The fourth-order valence-corrected chi connectivity index (χ4v) is 5.83. The Balaban J connectivity index is 1.58. The van der Waals surface area contributed by atoms with Crippen LogP contribution in [0.5, 0.6) is 0 Å². The second-order valence-electron chi connectivity index (χ2n) is 8.28. The number of anilines is 1. The van der Waals surface area contributed by atoms with Gasteiger partial charge in [0, 0.05) is 10.4 Å². The van der Waals surface area contributed by atoms with Gasteiger partial charge in [0.25, 0.3) is 11.8 Å². The summed E-state index contributed by atoms with van der Waals surface area (Å²) in [4.78, 5) is 26.5. The third kappa shape index (κ3) is 4.66. The molecule has 0 atom stereocenters. The van der Waals surface area contributed by atoms with Crippen LogP contribution in [0.15, 0.2) is 28.7 Å². The number of primary amides is 1. The van der Waals surface area contributed by atoms with Crippen LogP contribution in [0.1, 0.15) is 73.8 Å². The molecule has 0 spiro atoms. The first kappa shape index (κ1) is 22.7. The lowest BCUT2D eigenvalue weighted by Gasteiger charge is -2.10. The predicted molar refractivity (Wildman–Crippen MR) is 132 cm³/mol. The SMILES string of the molecule is Cc1nn(Cc2cccc(C(=O)Nc3sc4c(c3C(N)=O)CCCCCC4)c2)c(C)c1Br. The highest BCUT2D eigenvalue weighted by Crippen LogP contribution is 2.37. The molecule has 1 aromatic carbocycles. The minimum atomic E-state index is -0.470. The number of thiophene rings is 1. The van der Waals surface area contributed by atoms with E-state index in [4.69, 9.17) is 5.73 Å². The summed E-state index contributed by atoms with van der Waals surface area (Å²) in [6.45, 7) is 4.53. The summed E-state index contributed by atoms with van der Waals surface area (Å²) in [5, 5.41) is 8.09. The van der Waals surface area contributed by atoms with E-state index in [1.54, 1.807) is 6.07 Å². The lowest BCUT2D eigenvalue weighted by Crippen LogP contribution is -2.18. The summed E-state index contributed by atoms with van der Waals surface area (Å²) in [5.74, 6) is -0.708. The zero-order chi connectivity index (χ0) is 22.8. The van der Waals surface area contributed by atoms with Crippen molar-refractivity contribution in [2.45, 2.75) is 58.9 Å². The van der Waals surface area contributed by atoms with Gasteiger partial charge in [0.05, 0.1) is 28.0 Å². The molecule has 1 aliphatic rings. The molecule has 6 nitrogen and oxygen atoms in total. The van der Waals surface area contributed by atoms with Crippen LogP contribution in [0.25, 0.3) is 0 Å². The number of amides is 2. The molecule has 0 bridgehead atoms. The molecule has 3 N–H and O–H groups in total. The molecule has 0 unspecified atom stereocenters. The van der Waals surface area contributed by atoms with E-state index in [9.17, 15) is 9.59 Å². The molecule has 3 aromatic rings. The quantitative estimate of drug-likeness (QED) is 0.478. The molecule has 0 fully saturated rings. The van der Waals surface area contributed by atoms with Crippen molar-refractivity contribution in [1.82, 2.24) is 9.78 Å². The van der Waals surface area contributed by atoms with Gasteiger partial charge in [-0.05, 0) is 78.7 Å². The first-order valence-electron chi connectivity index (χ1n) is 10.9. The molecular weight excluding hydrogens is 488 g/mol. The Morgan fingerprint density at radius 1 is 1.19 bits per heavy atom. The Hall–Kier alpha value is -2.45. The summed E-state index contributed by atoms with van der Waals surface area (Å²) >= 11 is 5.05. The van der Waals surface area contributed by atoms with E-state index in [2.05, 4.69) is 26.3 Å². The van der Waals surface area contributed by atoms with E-state index >= 15 is 0 Å². The Bertz CT molecular complexity index is 1180. The topological polar surface area (TPSA) is 90.0 Å². The fraction of sp³-hybridized carbons (Fsp3) is 0.375. The van der Waals surface area contributed by atoms with Crippen molar-refractivity contribution in [3.05, 3.63) is 67.3 Å². The van der Waals surface area contributed by atoms with Gasteiger partial charge in [-0.2, -0.15) is 5.10 Å². The van der Waals surface area contributed by atoms with E-state index in [-0.39, 0.29) is 5.91 Å². The number of fused-ring (bicyclic) bond motifs is 1. The van der Waals surface area contributed by atoms with E-state index in [1.165, 1.54) is 22.6 Å². The molecule has 0 aliphatic heterocycles. The van der Waals surface area contributed by atoms with Gasteiger partial charge in [0.1, 0.15) is 5.00 Å². The number of carbonyl (C=O) groups is 2. The molecule has 1 aliphatic carbocycles. The number of benzene rings is 1. The van der Waals surface area contributed by atoms with E-state index in [0.29, 0.717) is 22.7 Å². The number of aryl methyl sites for hydroxylation is 2. The second kappa shape index (κ2) is 9.58. The van der Waals surface area contributed by atoms with Crippen LogP contribution in [-0.4, -0.2) is 21.6 Å². The minimum Gasteiger partial charge on any atom is -0.365 e. The van der Waals surface area contributed by atoms with Crippen LogP contribution in [0.2, 0.25) is 0 Å². The van der Waals surface area contributed by atoms with Crippen molar-refractivity contribution in [2.24, 2.45) is 5.73 Å². The van der Waals surface area contributed by atoms with Gasteiger partial charge in [0.2, 0.25) is 0 Å². The average Bonchev–Trinajstić information content (AvgIpc) is 3.19. The van der Waals surface area contributed by atoms with Crippen molar-refractivity contribution in [1.29, 1.82) is 0 Å². The number of hydrogen-bond acceptors (Lipinski definition) is 4. The van der Waals surface area contributed by atoms with E-state index in [0.717, 1.165) is 59.1 Å². The van der Waals surface area contributed by atoms with Crippen LogP contribution in [0, 0.1) is 13.8 Å². The normalized spacial score (nSPS) is 13.8. The molecule has 168 valence electrons. The van der Waals surface area contributed by atoms with Crippen LogP contribution in [-0.2, 0) is 19.4 Å². The van der Waals surface area contributed by atoms with Crippen molar-refractivity contribution < 1.29 is 9.59 Å². The molecule has 8 heteroatoms. The summed E-state index contributed by atoms with van der Waals surface area (Å²) < 4.78 is 2.92. The summed E-state index contributed by atoms with van der Waals surface area (Å²) in [6, 6.07) is 7.50. The zero-order valence-electron chi connectivity index (χ0n) is 18.3. The molecule has 4 rings (SSSR count). The molecule has 0 saturated heterocycles.